The molecule has 118 valence electrons. The number of carbonyl (C=O) groups excluding carboxylic acids is 1. The molecule has 0 aromatic carbocycles. The lowest BCUT2D eigenvalue weighted by atomic mass is 9.84. The third-order valence-electron chi connectivity index (χ3n) is 3.87. The predicted molar refractivity (Wildman–Crippen MR) is 72.1 cm³/mol. The maximum absolute atomic E-state index is 12.4. The molecule has 6 heteroatoms. The summed E-state index contributed by atoms with van der Waals surface area (Å²) in [5.41, 5.74) is 5.81. The summed E-state index contributed by atoms with van der Waals surface area (Å²) in [6, 6.07) is 0.253. The van der Waals surface area contributed by atoms with Gasteiger partial charge in [0.2, 0.25) is 5.91 Å². The van der Waals surface area contributed by atoms with Crippen molar-refractivity contribution in [3.05, 3.63) is 0 Å². The lowest BCUT2D eigenvalue weighted by molar-refractivity contribution is -0.161. The molecule has 1 saturated carbocycles. The van der Waals surface area contributed by atoms with Crippen molar-refractivity contribution in [3.8, 4) is 0 Å². The van der Waals surface area contributed by atoms with Gasteiger partial charge in [-0.15, -0.1) is 0 Å². The summed E-state index contributed by atoms with van der Waals surface area (Å²) in [6.07, 6.45) is 1.02. The van der Waals surface area contributed by atoms with Crippen molar-refractivity contribution in [2.45, 2.75) is 64.1 Å². The standard InChI is InChI=1S/C14H25F3N2O/c1-2-9-19(10-14(15,16)17)13(20)8-5-11-3-6-12(18)7-4-11/h11-12H,2-10,18H2,1H3. The summed E-state index contributed by atoms with van der Waals surface area (Å²) in [5, 5.41) is 0. The first-order valence-corrected chi connectivity index (χ1v) is 7.42. The molecular formula is C14H25F3N2O. The number of carbonyl (C=O) groups is 1. The van der Waals surface area contributed by atoms with Crippen molar-refractivity contribution in [2.75, 3.05) is 13.1 Å². The van der Waals surface area contributed by atoms with Crippen LogP contribution in [0.1, 0.15) is 51.9 Å². The molecule has 1 rings (SSSR count). The number of nitrogens with two attached hydrogens (primary N) is 1. The topological polar surface area (TPSA) is 46.3 Å². The molecule has 0 atom stereocenters. The van der Waals surface area contributed by atoms with Gasteiger partial charge in [0.05, 0.1) is 0 Å². The molecule has 0 saturated heterocycles. The van der Waals surface area contributed by atoms with Crippen LogP contribution in [0.5, 0.6) is 0 Å². The summed E-state index contributed by atoms with van der Waals surface area (Å²) in [4.78, 5) is 12.9. The van der Waals surface area contributed by atoms with E-state index in [1.165, 1.54) is 0 Å². The molecule has 1 amide bonds. The van der Waals surface area contributed by atoms with Crippen LogP contribution in [0.2, 0.25) is 0 Å². The summed E-state index contributed by atoms with van der Waals surface area (Å²) < 4.78 is 37.3. The van der Waals surface area contributed by atoms with Crippen LogP contribution in [0.4, 0.5) is 13.2 Å². The second kappa shape index (κ2) is 7.86. The fourth-order valence-electron chi connectivity index (χ4n) is 2.74. The number of rotatable bonds is 6. The first kappa shape index (κ1) is 17.3. The normalized spacial score (nSPS) is 23.6. The Morgan fingerprint density at radius 1 is 1.25 bits per heavy atom. The zero-order valence-electron chi connectivity index (χ0n) is 12.1. The zero-order valence-corrected chi connectivity index (χ0v) is 12.1. The summed E-state index contributed by atoms with van der Waals surface area (Å²) in [6.45, 7) is 0.822. The molecule has 1 aliphatic rings. The van der Waals surface area contributed by atoms with Crippen LogP contribution in [-0.2, 0) is 4.79 Å². The van der Waals surface area contributed by atoms with Gasteiger partial charge in [-0.3, -0.25) is 4.79 Å². The maximum Gasteiger partial charge on any atom is 0.406 e. The number of hydrogen-bond donors (Lipinski definition) is 1. The quantitative estimate of drug-likeness (QED) is 0.818. The van der Waals surface area contributed by atoms with Crippen LogP contribution in [0.3, 0.4) is 0 Å². The molecule has 1 fully saturated rings. The van der Waals surface area contributed by atoms with Crippen LogP contribution in [0.15, 0.2) is 0 Å². The summed E-state index contributed by atoms with van der Waals surface area (Å²) in [7, 11) is 0. The van der Waals surface area contributed by atoms with Crippen molar-refractivity contribution < 1.29 is 18.0 Å². The van der Waals surface area contributed by atoms with Gasteiger partial charge in [-0.05, 0) is 44.4 Å². The third-order valence-corrected chi connectivity index (χ3v) is 3.87. The summed E-state index contributed by atoms with van der Waals surface area (Å²) >= 11 is 0. The number of hydrogen-bond acceptors (Lipinski definition) is 2. The molecule has 2 N–H and O–H groups in total. The molecule has 0 heterocycles. The number of alkyl halides is 3. The SMILES string of the molecule is CCCN(CC(F)(F)F)C(=O)CCC1CCC(N)CC1. The van der Waals surface area contributed by atoms with E-state index < -0.39 is 12.7 Å². The fraction of sp³-hybridized carbons (Fsp3) is 0.929. The molecule has 1 aliphatic carbocycles. The van der Waals surface area contributed by atoms with Gasteiger partial charge < -0.3 is 10.6 Å². The van der Waals surface area contributed by atoms with E-state index in [0.29, 0.717) is 18.8 Å². The van der Waals surface area contributed by atoms with Crippen molar-refractivity contribution in [1.29, 1.82) is 0 Å². The van der Waals surface area contributed by atoms with E-state index in [4.69, 9.17) is 5.73 Å². The number of nitrogens with zero attached hydrogens (tertiary/aromatic N) is 1. The van der Waals surface area contributed by atoms with Crippen LogP contribution < -0.4 is 5.73 Å². The van der Waals surface area contributed by atoms with Gasteiger partial charge in [-0.25, -0.2) is 0 Å². The van der Waals surface area contributed by atoms with E-state index in [9.17, 15) is 18.0 Å². The highest BCUT2D eigenvalue weighted by molar-refractivity contribution is 5.76. The molecule has 0 spiro atoms. The zero-order chi connectivity index (χ0) is 15.2. The third kappa shape index (κ3) is 6.59. The average Bonchev–Trinajstić information content (AvgIpc) is 2.35. The van der Waals surface area contributed by atoms with Gasteiger partial charge in [0.25, 0.3) is 0 Å². The van der Waals surface area contributed by atoms with Crippen molar-refractivity contribution in [3.63, 3.8) is 0 Å². The minimum atomic E-state index is -4.32. The van der Waals surface area contributed by atoms with Crippen LogP contribution in [-0.4, -0.2) is 36.1 Å². The largest absolute Gasteiger partial charge is 0.406 e. The van der Waals surface area contributed by atoms with Crippen molar-refractivity contribution in [2.24, 2.45) is 11.7 Å². The average molecular weight is 294 g/mol. The minimum absolute atomic E-state index is 0.174. The van der Waals surface area contributed by atoms with E-state index in [2.05, 4.69) is 0 Å². The molecular weight excluding hydrogens is 269 g/mol. The van der Waals surface area contributed by atoms with Gasteiger partial charge in [-0.1, -0.05) is 6.92 Å². The van der Waals surface area contributed by atoms with Gasteiger partial charge >= 0.3 is 6.18 Å². The second-order valence-electron chi connectivity index (χ2n) is 5.75. The van der Waals surface area contributed by atoms with Gasteiger partial charge in [0.15, 0.2) is 0 Å². The van der Waals surface area contributed by atoms with Crippen LogP contribution in [0, 0.1) is 5.92 Å². The van der Waals surface area contributed by atoms with Crippen LogP contribution >= 0.6 is 0 Å². The van der Waals surface area contributed by atoms with Crippen LogP contribution in [0.25, 0.3) is 0 Å². The Morgan fingerprint density at radius 3 is 2.35 bits per heavy atom. The minimum Gasteiger partial charge on any atom is -0.334 e. The van der Waals surface area contributed by atoms with Gasteiger partial charge in [0, 0.05) is 19.0 Å². The fourth-order valence-corrected chi connectivity index (χ4v) is 2.74. The second-order valence-corrected chi connectivity index (χ2v) is 5.75. The lowest BCUT2D eigenvalue weighted by Gasteiger charge is -2.27. The molecule has 0 aliphatic heterocycles. The monoisotopic (exact) mass is 294 g/mol. The van der Waals surface area contributed by atoms with Crippen molar-refractivity contribution >= 4 is 5.91 Å². The highest BCUT2D eigenvalue weighted by atomic mass is 19.4. The molecule has 20 heavy (non-hydrogen) atoms. The molecule has 0 aromatic heterocycles. The number of halogens is 3. The van der Waals surface area contributed by atoms with E-state index in [-0.39, 0.29) is 24.9 Å². The van der Waals surface area contributed by atoms with E-state index in [1.807, 2.05) is 0 Å². The molecule has 3 nitrogen and oxygen atoms in total. The Hall–Kier alpha value is -0.780. The van der Waals surface area contributed by atoms with E-state index in [1.54, 1.807) is 6.92 Å². The maximum atomic E-state index is 12.4. The Balaban J connectivity index is 2.37. The Morgan fingerprint density at radius 2 is 1.85 bits per heavy atom. The first-order chi connectivity index (χ1) is 9.31. The highest BCUT2D eigenvalue weighted by Crippen LogP contribution is 2.27. The summed E-state index contributed by atoms with van der Waals surface area (Å²) in [5.74, 6) is 0.0622. The van der Waals surface area contributed by atoms with E-state index >= 15 is 0 Å². The number of amides is 1. The Bertz CT molecular complexity index is 299. The van der Waals surface area contributed by atoms with Gasteiger partial charge in [-0.2, -0.15) is 13.2 Å². The molecule has 0 unspecified atom stereocenters. The Labute approximate surface area is 118 Å². The first-order valence-electron chi connectivity index (χ1n) is 7.42. The highest BCUT2D eigenvalue weighted by Gasteiger charge is 2.32. The van der Waals surface area contributed by atoms with Gasteiger partial charge in [0.1, 0.15) is 6.54 Å². The Kier molecular flexibility index (Phi) is 6.79. The smallest absolute Gasteiger partial charge is 0.334 e. The molecule has 0 aromatic rings. The lowest BCUT2D eigenvalue weighted by Crippen LogP contribution is -2.39. The molecule has 0 bridgehead atoms. The molecule has 0 radical (unpaired) electrons. The van der Waals surface area contributed by atoms with E-state index in [0.717, 1.165) is 30.6 Å². The predicted octanol–water partition coefficient (Wildman–Crippen LogP) is 3.09. The van der Waals surface area contributed by atoms with Crippen molar-refractivity contribution in [1.82, 2.24) is 4.90 Å².